The number of benzene rings is 1. The Morgan fingerprint density at radius 2 is 1.64 bits per heavy atom. The van der Waals surface area contributed by atoms with Crippen LogP contribution in [-0.2, 0) is 0 Å². The molecule has 0 atom stereocenters. The summed E-state index contributed by atoms with van der Waals surface area (Å²) in [4.78, 5) is 0. The maximum Gasteiger partial charge on any atom is 0.129 e. The zero-order valence-corrected chi connectivity index (χ0v) is 7.89. The molecule has 2 rings (SSSR count). The van der Waals surface area contributed by atoms with E-state index in [1.54, 1.807) is 0 Å². The molecule has 76 valence electrons. The van der Waals surface area contributed by atoms with Crippen LogP contribution in [-0.4, -0.2) is 13.1 Å². The summed E-state index contributed by atoms with van der Waals surface area (Å²) in [7, 11) is 0. The van der Waals surface area contributed by atoms with Crippen LogP contribution in [0.2, 0.25) is 0 Å². The molecule has 14 heavy (non-hydrogen) atoms. The van der Waals surface area contributed by atoms with E-state index in [2.05, 4.69) is 5.32 Å². The molecular formula is C11H13F2N. The molecule has 1 aromatic rings. The second kappa shape index (κ2) is 4.05. The summed E-state index contributed by atoms with van der Waals surface area (Å²) in [5.74, 6) is -0.772. The monoisotopic (exact) mass is 197 g/mol. The molecule has 0 spiro atoms. The average Bonchev–Trinajstić information content (AvgIpc) is 2.19. The van der Waals surface area contributed by atoms with Crippen LogP contribution < -0.4 is 5.32 Å². The minimum atomic E-state index is -0.406. The fraction of sp³-hybridized carbons (Fsp3) is 0.455. The van der Waals surface area contributed by atoms with Crippen LogP contribution in [0.25, 0.3) is 0 Å². The van der Waals surface area contributed by atoms with Crippen molar-refractivity contribution in [3.8, 4) is 0 Å². The summed E-state index contributed by atoms with van der Waals surface area (Å²) in [6, 6.07) is 4.08. The van der Waals surface area contributed by atoms with E-state index in [-0.39, 0.29) is 11.5 Å². The van der Waals surface area contributed by atoms with Crippen molar-refractivity contribution < 1.29 is 8.78 Å². The number of rotatable bonds is 1. The lowest BCUT2D eigenvalue weighted by Crippen LogP contribution is -2.27. The van der Waals surface area contributed by atoms with Gasteiger partial charge in [-0.05, 0) is 44.0 Å². The maximum absolute atomic E-state index is 13.4. The number of hydrogen-bond donors (Lipinski definition) is 1. The van der Waals surface area contributed by atoms with Crippen molar-refractivity contribution in [3.05, 3.63) is 35.4 Å². The zero-order valence-electron chi connectivity index (χ0n) is 7.89. The molecule has 0 saturated carbocycles. The second-order valence-corrected chi connectivity index (χ2v) is 3.66. The summed E-state index contributed by atoms with van der Waals surface area (Å²) < 4.78 is 26.7. The Balaban J connectivity index is 2.29. The predicted molar refractivity (Wildman–Crippen MR) is 51.2 cm³/mol. The fourth-order valence-electron chi connectivity index (χ4n) is 2.01. The normalized spacial score (nSPS) is 18.4. The van der Waals surface area contributed by atoms with E-state index in [9.17, 15) is 8.78 Å². The van der Waals surface area contributed by atoms with Gasteiger partial charge < -0.3 is 5.32 Å². The summed E-state index contributed by atoms with van der Waals surface area (Å²) in [5, 5.41) is 3.18. The topological polar surface area (TPSA) is 12.0 Å². The molecule has 1 nitrogen and oxygen atoms in total. The minimum Gasteiger partial charge on any atom is -0.317 e. The third-order valence-electron chi connectivity index (χ3n) is 2.75. The maximum atomic E-state index is 13.4. The lowest BCUT2D eigenvalue weighted by Gasteiger charge is -2.23. The van der Waals surface area contributed by atoms with Crippen LogP contribution in [0.4, 0.5) is 8.78 Å². The Kier molecular flexibility index (Phi) is 2.77. The van der Waals surface area contributed by atoms with Crippen LogP contribution >= 0.6 is 0 Å². The van der Waals surface area contributed by atoms with Crippen molar-refractivity contribution in [1.82, 2.24) is 5.32 Å². The van der Waals surface area contributed by atoms with E-state index in [1.165, 1.54) is 18.2 Å². The van der Waals surface area contributed by atoms with Gasteiger partial charge in [0.2, 0.25) is 0 Å². The molecule has 1 N–H and O–H groups in total. The van der Waals surface area contributed by atoms with Crippen molar-refractivity contribution in [2.45, 2.75) is 18.8 Å². The average molecular weight is 197 g/mol. The first-order chi connectivity index (χ1) is 6.79. The molecule has 1 aromatic carbocycles. The zero-order chi connectivity index (χ0) is 9.97. The minimum absolute atomic E-state index is 0.0393. The fourth-order valence-corrected chi connectivity index (χ4v) is 2.01. The van der Waals surface area contributed by atoms with Gasteiger partial charge in [0.25, 0.3) is 0 Å². The van der Waals surface area contributed by atoms with Gasteiger partial charge in [-0.15, -0.1) is 0 Å². The lowest BCUT2D eigenvalue weighted by atomic mass is 9.89. The molecule has 1 heterocycles. The van der Waals surface area contributed by atoms with Gasteiger partial charge >= 0.3 is 0 Å². The highest BCUT2D eigenvalue weighted by Crippen LogP contribution is 2.29. The molecule has 0 radical (unpaired) electrons. The van der Waals surface area contributed by atoms with Gasteiger partial charge in [0.05, 0.1) is 0 Å². The molecule has 0 unspecified atom stereocenters. The summed E-state index contributed by atoms with van der Waals surface area (Å²) in [5.41, 5.74) is 0.272. The first kappa shape index (κ1) is 9.59. The van der Waals surface area contributed by atoms with Gasteiger partial charge in [-0.2, -0.15) is 0 Å². The smallest absolute Gasteiger partial charge is 0.129 e. The van der Waals surface area contributed by atoms with Gasteiger partial charge in [-0.3, -0.25) is 0 Å². The van der Waals surface area contributed by atoms with Crippen molar-refractivity contribution in [2.24, 2.45) is 0 Å². The highest BCUT2D eigenvalue weighted by Gasteiger charge is 2.21. The Labute approximate surface area is 82.1 Å². The molecule has 3 heteroatoms. The first-order valence-electron chi connectivity index (χ1n) is 4.93. The third kappa shape index (κ3) is 1.77. The SMILES string of the molecule is Fc1cccc(F)c1C1CCNCC1. The molecule has 0 amide bonds. The molecular weight excluding hydrogens is 184 g/mol. The molecule has 1 aliphatic heterocycles. The van der Waals surface area contributed by atoms with Gasteiger partial charge in [0.1, 0.15) is 11.6 Å². The molecule has 0 aromatic heterocycles. The van der Waals surface area contributed by atoms with Gasteiger partial charge in [-0.25, -0.2) is 8.78 Å². The Morgan fingerprint density at radius 1 is 1.07 bits per heavy atom. The molecule has 1 aliphatic rings. The standard InChI is InChI=1S/C11H13F2N/c12-9-2-1-3-10(13)11(9)8-4-6-14-7-5-8/h1-3,8,14H,4-7H2. The largest absolute Gasteiger partial charge is 0.317 e. The summed E-state index contributed by atoms with van der Waals surface area (Å²) >= 11 is 0. The van der Waals surface area contributed by atoms with Gasteiger partial charge in [0.15, 0.2) is 0 Å². The van der Waals surface area contributed by atoms with E-state index >= 15 is 0 Å². The molecule has 0 aliphatic carbocycles. The number of piperidine rings is 1. The van der Waals surface area contributed by atoms with E-state index in [0.717, 1.165) is 25.9 Å². The molecule has 1 fully saturated rings. The number of halogens is 2. The summed E-state index contributed by atoms with van der Waals surface area (Å²) in [6.07, 6.45) is 1.63. The molecule has 0 bridgehead atoms. The number of nitrogens with one attached hydrogen (secondary N) is 1. The highest BCUT2D eigenvalue weighted by atomic mass is 19.1. The Morgan fingerprint density at radius 3 is 2.21 bits per heavy atom. The van der Waals surface area contributed by atoms with Crippen LogP contribution in [0.5, 0.6) is 0 Å². The van der Waals surface area contributed by atoms with Crippen molar-refractivity contribution in [2.75, 3.05) is 13.1 Å². The number of hydrogen-bond acceptors (Lipinski definition) is 1. The van der Waals surface area contributed by atoms with Crippen molar-refractivity contribution in [3.63, 3.8) is 0 Å². The van der Waals surface area contributed by atoms with E-state index in [4.69, 9.17) is 0 Å². The first-order valence-corrected chi connectivity index (χ1v) is 4.93. The van der Waals surface area contributed by atoms with Crippen molar-refractivity contribution >= 4 is 0 Å². The highest BCUT2D eigenvalue weighted by molar-refractivity contribution is 5.24. The lowest BCUT2D eigenvalue weighted by molar-refractivity contribution is 0.426. The van der Waals surface area contributed by atoms with Crippen LogP contribution in [0.15, 0.2) is 18.2 Å². The van der Waals surface area contributed by atoms with Crippen LogP contribution in [0, 0.1) is 11.6 Å². The predicted octanol–water partition coefficient (Wildman–Crippen LogP) is 2.43. The second-order valence-electron chi connectivity index (χ2n) is 3.66. The van der Waals surface area contributed by atoms with Crippen LogP contribution in [0.3, 0.4) is 0 Å². The Bertz CT molecular complexity index is 299. The van der Waals surface area contributed by atoms with Crippen LogP contribution in [0.1, 0.15) is 24.3 Å². The summed E-state index contributed by atoms with van der Waals surface area (Å²) in [6.45, 7) is 1.69. The van der Waals surface area contributed by atoms with Gasteiger partial charge in [0, 0.05) is 5.56 Å². The van der Waals surface area contributed by atoms with E-state index < -0.39 is 11.6 Å². The molecule has 1 saturated heterocycles. The van der Waals surface area contributed by atoms with E-state index in [0.29, 0.717) is 0 Å². The van der Waals surface area contributed by atoms with Gasteiger partial charge in [-0.1, -0.05) is 6.07 Å². The third-order valence-corrected chi connectivity index (χ3v) is 2.75. The quantitative estimate of drug-likeness (QED) is 0.729. The Hall–Kier alpha value is -0.960. The van der Waals surface area contributed by atoms with Crippen molar-refractivity contribution in [1.29, 1.82) is 0 Å². The van der Waals surface area contributed by atoms with E-state index in [1.807, 2.05) is 0 Å².